The zero-order valence-electron chi connectivity index (χ0n) is 23.2. The van der Waals surface area contributed by atoms with Crippen molar-refractivity contribution < 1.29 is 38.4 Å². The van der Waals surface area contributed by atoms with Crippen LogP contribution in [0.2, 0.25) is 0 Å². The predicted molar refractivity (Wildman–Crippen MR) is 155 cm³/mol. The first-order valence-corrected chi connectivity index (χ1v) is 13.7. The fourth-order valence-corrected chi connectivity index (χ4v) is 6.19. The monoisotopic (exact) mass is 566 g/mol. The number of carbonyl (C=O) groups is 2. The Labute approximate surface area is 243 Å². The van der Waals surface area contributed by atoms with E-state index < -0.39 is 35.6 Å². The molecule has 1 aliphatic carbocycles. The van der Waals surface area contributed by atoms with E-state index in [1.54, 1.807) is 36.4 Å². The lowest BCUT2D eigenvalue weighted by Gasteiger charge is -2.49. The number of para-hydroxylation sites is 3. The van der Waals surface area contributed by atoms with Crippen molar-refractivity contribution in [3.8, 4) is 39.9 Å². The highest BCUT2D eigenvalue weighted by molar-refractivity contribution is 5.87. The molecule has 214 valence electrons. The van der Waals surface area contributed by atoms with Crippen LogP contribution in [0.15, 0.2) is 91.0 Å². The van der Waals surface area contributed by atoms with Crippen molar-refractivity contribution in [1.82, 2.24) is 0 Å². The van der Waals surface area contributed by atoms with Crippen LogP contribution in [0.1, 0.15) is 23.0 Å². The van der Waals surface area contributed by atoms with Gasteiger partial charge >= 0.3 is 11.9 Å². The summed E-state index contributed by atoms with van der Waals surface area (Å²) in [5.41, 5.74) is 2.77. The zero-order valence-corrected chi connectivity index (χ0v) is 23.2. The molecule has 1 N–H and O–H groups in total. The fourth-order valence-electron chi connectivity index (χ4n) is 6.19. The lowest BCUT2D eigenvalue weighted by Crippen LogP contribution is -2.52. The number of rotatable bonds is 8. The predicted octanol–water partition coefficient (Wildman–Crippen LogP) is 5.95. The highest BCUT2D eigenvalue weighted by atomic mass is 16.6. The van der Waals surface area contributed by atoms with E-state index in [0.717, 1.165) is 5.56 Å². The molecule has 2 aliphatic rings. The highest BCUT2D eigenvalue weighted by Gasteiger charge is 2.60. The molecule has 6 rings (SSSR count). The average molecular weight is 567 g/mol. The Morgan fingerprint density at radius 2 is 1.24 bits per heavy atom. The topological polar surface area (TPSA) is 101 Å². The van der Waals surface area contributed by atoms with Gasteiger partial charge in [-0.2, -0.15) is 0 Å². The largest absolute Gasteiger partial charge is 0.496 e. The summed E-state index contributed by atoms with van der Waals surface area (Å²) in [6.07, 6.45) is 0. The van der Waals surface area contributed by atoms with E-state index in [1.165, 1.54) is 14.2 Å². The normalized spacial score (nSPS) is 20.6. The summed E-state index contributed by atoms with van der Waals surface area (Å²) in [6.45, 7) is 0.939. The Balaban J connectivity index is 1.41. The summed E-state index contributed by atoms with van der Waals surface area (Å²) in [7, 11) is 3.06. The Kier molecular flexibility index (Phi) is 7.44. The number of aliphatic carboxylic acids is 1. The Hall–Kier alpha value is -4.98. The van der Waals surface area contributed by atoms with Gasteiger partial charge in [0.2, 0.25) is 0 Å². The number of hydrogen-bond donors (Lipinski definition) is 1. The fraction of sp³-hybridized carbons (Fsp3) is 0.235. The molecule has 0 amide bonds. The first-order valence-electron chi connectivity index (χ1n) is 13.7. The third-order valence-corrected chi connectivity index (χ3v) is 8.05. The molecule has 2 atom stereocenters. The van der Waals surface area contributed by atoms with E-state index in [9.17, 15) is 14.7 Å². The highest BCUT2D eigenvalue weighted by Crippen LogP contribution is 2.60. The molecule has 0 bridgehead atoms. The maximum Gasteiger partial charge on any atom is 0.315 e. The van der Waals surface area contributed by atoms with Crippen LogP contribution in [-0.4, -0.2) is 44.5 Å². The third kappa shape index (κ3) is 4.79. The first kappa shape index (κ1) is 27.2. The molecule has 0 spiro atoms. The number of hydrogen-bond acceptors (Lipinski definition) is 7. The summed E-state index contributed by atoms with van der Waals surface area (Å²) >= 11 is 0. The van der Waals surface area contributed by atoms with Crippen molar-refractivity contribution in [2.45, 2.75) is 11.8 Å². The van der Waals surface area contributed by atoms with E-state index in [0.29, 0.717) is 58.7 Å². The van der Waals surface area contributed by atoms with Gasteiger partial charge in [-0.3, -0.25) is 9.59 Å². The van der Waals surface area contributed by atoms with Gasteiger partial charge < -0.3 is 28.8 Å². The van der Waals surface area contributed by atoms with Crippen LogP contribution < -0.4 is 23.7 Å². The van der Waals surface area contributed by atoms with Crippen molar-refractivity contribution in [3.63, 3.8) is 0 Å². The number of fused-ring (bicyclic) bond motifs is 1. The molecule has 0 radical (unpaired) electrons. The molecule has 8 heteroatoms. The SMILES string of the molecule is COc1ccccc1C1C(C(=O)O)C(c2ccccc2OC)C1C(=O)Oc1ccccc1-c1ccc2c(c1)OCCO2. The van der Waals surface area contributed by atoms with Crippen molar-refractivity contribution in [3.05, 3.63) is 102 Å². The van der Waals surface area contributed by atoms with Crippen LogP contribution in [0, 0.1) is 11.8 Å². The molecular formula is C34H30O8. The van der Waals surface area contributed by atoms with Gasteiger partial charge in [-0.15, -0.1) is 0 Å². The number of carbonyl (C=O) groups excluding carboxylic acids is 1. The Morgan fingerprint density at radius 1 is 0.690 bits per heavy atom. The van der Waals surface area contributed by atoms with Crippen molar-refractivity contribution >= 4 is 11.9 Å². The summed E-state index contributed by atoms with van der Waals surface area (Å²) in [6, 6.07) is 27.2. The maximum absolute atomic E-state index is 14.2. The number of ether oxygens (including phenoxy) is 5. The molecule has 1 heterocycles. The molecule has 0 saturated heterocycles. The average Bonchev–Trinajstić information content (AvgIpc) is 3.01. The van der Waals surface area contributed by atoms with Gasteiger partial charge in [0.05, 0.1) is 26.1 Å². The summed E-state index contributed by atoms with van der Waals surface area (Å²) in [5, 5.41) is 10.4. The minimum absolute atomic E-state index is 0.357. The minimum atomic E-state index is -1.01. The second kappa shape index (κ2) is 11.5. The van der Waals surface area contributed by atoms with Gasteiger partial charge in [0, 0.05) is 17.4 Å². The van der Waals surface area contributed by atoms with Gasteiger partial charge in [0.25, 0.3) is 0 Å². The molecule has 4 aromatic carbocycles. The van der Waals surface area contributed by atoms with Gasteiger partial charge in [-0.05, 0) is 47.0 Å². The van der Waals surface area contributed by atoms with Crippen LogP contribution in [-0.2, 0) is 9.59 Å². The lowest BCUT2D eigenvalue weighted by molar-refractivity contribution is -0.158. The lowest BCUT2D eigenvalue weighted by atomic mass is 9.52. The zero-order chi connectivity index (χ0) is 29.2. The second-order valence-electron chi connectivity index (χ2n) is 10.2. The van der Waals surface area contributed by atoms with Crippen molar-refractivity contribution in [2.24, 2.45) is 11.8 Å². The molecule has 1 saturated carbocycles. The van der Waals surface area contributed by atoms with Crippen molar-refractivity contribution in [2.75, 3.05) is 27.4 Å². The first-order chi connectivity index (χ1) is 20.5. The van der Waals surface area contributed by atoms with Crippen LogP contribution in [0.25, 0.3) is 11.1 Å². The molecule has 8 nitrogen and oxygen atoms in total. The smallest absolute Gasteiger partial charge is 0.315 e. The number of methoxy groups -OCH3 is 2. The van der Waals surface area contributed by atoms with Gasteiger partial charge in [-0.1, -0.05) is 60.7 Å². The van der Waals surface area contributed by atoms with E-state index in [-0.39, 0.29) is 0 Å². The standard InChI is InChI=1S/C34H30O8/c1-38-24-12-6-4-10-22(24)29-31(33(35)36)30(23-11-5-7-13-25(23)39-2)32(29)34(37)42-26-14-8-3-9-21(26)20-15-16-27-28(19-20)41-18-17-40-27/h3-16,19,29-32H,17-18H2,1-2H3,(H,35,36). The van der Waals surface area contributed by atoms with Crippen LogP contribution in [0.4, 0.5) is 0 Å². The quantitative estimate of drug-likeness (QED) is 0.206. The molecule has 0 aromatic heterocycles. The van der Waals surface area contributed by atoms with Crippen LogP contribution in [0.3, 0.4) is 0 Å². The Bertz CT molecular complexity index is 1570. The van der Waals surface area contributed by atoms with Gasteiger partial charge in [0.1, 0.15) is 30.5 Å². The van der Waals surface area contributed by atoms with E-state index in [1.807, 2.05) is 54.6 Å². The van der Waals surface area contributed by atoms with Crippen LogP contribution in [0.5, 0.6) is 28.7 Å². The second-order valence-corrected chi connectivity index (χ2v) is 10.2. The van der Waals surface area contributed by atoms with Gasteiger partial charge in [0.15, 0.2) is 11.5 Å². The molecule has 1 aliphatic heterocycles. The van der Waals surface area contributed by atoms with Crippen molar-refractivity contribution in [1.29, 1.82) is 0 Å². The Morgan fingerprint density at radius 3 is 1.83 bits per heavy atom. The maximum atomic E-state index is 14.2. The number of carboxylic acid groups (broad SMARTS) is 1. The van der Waals surface area contributed by atoms with Crippen LogP contribution >= 0.6 is 0 Å². The molecule has 4 aromatic rings. The molecule has 1 fully saturated rings. The van der Waals surface area contributed by atoms with Gasteiger partial charge in [-0.25, -0.2) is 0 Å². The number of esters is 1. The number of benzene rings is 4. The number of carboxylic acids is 1. The minimum Gasteiger partial charge on any atom is -0.496 e. The van der Waals surface area contributed by atoms with E-state index in [4.69, 9.17) is 23.7 Å². The third-order valence-electron chi connectivity index (χ3n) is 8.05. The molecular weight excluding hydrogens is 536 g/mol. The molecule has 42 heavy (non-hydrogen) atoms. The summed E-state index contributed by atoms with van der Waals surface area (Å²) < 4.78 is 28.7. The molecule has 2 unspecified atom stereocenters. The summed E-state index contributed by atoms with van der Waals surface area (Å²) in [5.74, 6) is -2.00. The summed E-state index contributed by atoms with van der Waals surface area (Å²) in [4.78, 5) is 27.0. The van der Waals surface area contributed by atoms with E-state index in [2.05, 4.69) is 0 Å². The van der Waals surface area contributed by atoms with E-state index >= 15 is 0 Å².